The molecule has 0 bridgehead atoms. The molecule has 13 nitrogen and oxygen atoms in total. The standard InChI is InChI=1S/C18H32O13/c1-2-4-28-11(21)3-5-27-7-10-12(22)14(24)15(25)17(29-10)31-18(8-20)16(26)13(23)9(6-19)30-18/h2,9-17,19-26H,1,3-8H2/t9-,10-,11?,12-,13-,14+,15-,16+,17-,18+/m1/s1. The van der Waals surface area contributed by atoms with Gasteiger partial charge in [-0.2, -0.15) is 0 Å². The molecule has 13 heteroatoms. The summed E-state index contributed by atoms with van der Waals surface area (Å²) in [5.74, 6) is -2.25. The molecule has 0 aromatic rings. The normalized spacial score (nSPS) is 41.9. The zero-order valence-electron chi connectivity index (χ0n) is 16.8. The lowest BCUT2D eigenvalue weighted by atomic mass is 9.99. The Morgan fingerprint density at radius 3 is 2.29 bits per heavy atom. The van der Waals surface area contributed by atoms with Crippen LogP contribution < -0.4 is 0 Å². The summed E-state index contributed by atoms with van der Waals surface area (Å²) in [6.07, 6.45) is -12.2. The van der Waals surface area contributed by atoms with Gasteiger partial charge in [0.1, 0.15) is 49.3 Å². The minimum atomic E-state index is -2.25. The van der Waals surface area contributed by atoms with Crippen molar-refractivity contribution in [2.45, 2.75) is 67.5 Å². The van der Waals surface area contributed by atoms with Crippen molar-refractivity contribution >= 4 is 0 Å². The Labute approximate surface area is 178 Å². The molecular formula is C18H32O13. The van der Waals surface area contributed by atoms with E-state index in [1.165, 1.54) is 6.08 Å². The number of ether oxygens (including phenoxy) is 5. The van der Waals surface area contributed by atoms with E-state index in [9.17, 15) is 40.9 Å². The van der Waals surface area contributed by atoms with E-state index in [-0.39, 0.29) is 26.2 Å². The van der Waals surface area contributed by atoms with Gasteiger partial charge in [0.2, 0.25) is 5.79 Å². The molecule has 182 valence electrons. The molecule has 0 spiro atoms. The molecule has 0 aliphatic carbocycles. The SMILES string of the molecule is C=CCOC(O)CCOC[C@H]1O[C@H](O[C@]2(CO)O[C@H](CO)[C@@H](O)[C@@H]2O)[C@H](O)[C@@H](O)[C@@H]1O. The molecule has 31 heavy (non-hydrogen) atoms. The average molecular weight is 456 g/mol. The summed E-state index contributed by atoms with van der Waals surface area (Å²) in [6, 6.07) is 0. The van der Waals surface area contributed by atoms with E-state index in [0.717, 1.165) is 0 Å². The molecule has 8 N–H and O–H groups in total. The fourth-order valence-electron chi connectivity index (χ4n) is 3.26. The second kappa shape index (κ2) is 11.9. The predicted octanol–water partition coefficient (Wildman–Crippen LogP) is -4.46. The van der Waals surface area contributed by atoms with Gasteiger partial charge in [-0.15, -0.1) is 6.58 Å². The lowest BCUT2D eigenvalue weighted by Gasteiger charge is -2.43. The molecule has 1 unspecified atom stereocenters. The van der Waals surface area contributed by atoms with Crippen LogP contribution in [0.3, 0.4) is 0 Å². The molecule has 10 atom stereocenters. The van der Waals surface area contributed by atoms with E-state index in [0.29, 0.717) is 0 Å². The first-order valence-electron chi connectivity index (χ1n) is 9.82. The van der Waals surface area contributed by atoms with E-state index in [4.69, 9.17) is 23.7 Å². The van der Waals surface area contributed by atoms with Gasteiger partial charge in [-0.3, -0.25) is 0 Å². The van der Waals surface area contributed by atoms with Crippen molar-refractivity contribution in [2.24, 2.45) is 0 Å². The predicted molar refractivity (Wildman–Crippen MR) is 99.1 cm³/mol. The molecule has 0 aromatic carbocycles. The van der Waals surface area contributed by atoms with Gasteiger partial charge < -0.3 is 64.5 Å². The highest BCUT2D eigenvalue weighted by atomic mass is 16.8. The van der Waals surface area contributed by atoms with Crippen LogP contribution in [0.15, 0.2) is 12.7 Å². The lowest BCUT2D eigenvalue weighted by Crippen LogP contribution is -2.62. The van der Waals surface area contributed by atoms with Crippen LogP contribution in [0.2, 0.25) is 0 Å². The van der Waals surface area contributed by atoms with Crippen LogP contribution in [0.5, 0.6) is 0 Å². The second-order valence-electron chi connectivity index (χ2n) is 7.32. The summed E-state index contributed by atoms with van der Waals surface area (Å²) in [6.45, 7) is 1.69. The quantitative estimate of drug-likeness (QED) is 0.0793. The zero-order valence-corrected chi connectivity index (χ0v) is 16.8. The van der Waals surface area contributed by atoms with Gasteiger partial charge in [-0.05, 0) is 0 Å². The van der Waals surface area contributed by atoms with Gasteiger partial charge in [0, 0.05) is 6.42 Å². The maximum atomic E-state index is 10.2. The van der Waals surface area contributed by atoms with E-state index in [1.807, 2.05) is 0 Å². The van der Waals surface area contributed by atoms with E-state index >= 15 is 0 Å². The fraction of sp³-hybridized carbons (Fsp3) is 0.889. The van der Waals surface area contributed by atoms with Crippen LogP contribution in [0.25, 0.3) is 0 Å². The van der Waals surface area contributed by atoms with Gasteiger partial charge in [-0.1, -0.05) is 6.08 Å². The summed E-state index contributed by atoms with van der Waals surface area (Å²) in [5, 5.41) is 79.1. The molecule has 0 amide bonds. The Hall–Kier alpha value is -0.780. The molecule has 0 saturated carbocycles. The lowest BCUT2D eigenvalue weighted by molar-refractivity contribution is -0.384. The Morgan fingerprint density at radius 1 is 1.00 bits per heavy atom. The molecule has 2 heterocycles. The first kappa shape index (κ1) is 26.5. The van der Waals surface area contributed by atoms with E-state index < -0.39 is 74.3 Å². The fourth-order valence-corrected chi connectivity index (χ4v) is 3.26. The summed E-state index contributed by atoms with van der Waals surface area (Å²) in [5.41, 5.74) is 0. The molecule has 0 aromatic heterocycles. The number of aliphatic hydroxyl groups excluding tert-OH is 8. The molecule has 2 saturated heterocycles. The van der Waals surface area contributed by atoms with E-state index in [1.54, 1.807) is 0 Å². The average Bonchev–Trinajstić information content (AvgIpc) is 3.01. The highest BCUT2D eigenvalue weighted by Gasteiger charge is 2.58. The van der Waals surface area contributed by atoms with Crippen molar-refractivity contribution in [1.82, 2.24) is 0 Å². The summed E-state index contributed by atoms with van der Waals surface area (Å²) >= 11 is 0. The van der Waals surface area contributed by atoms with Crippen molar-refractivity contribution in [1.29, 1.82) is 0 Å². The van der Waals surface area contributed by atoms with Crippen LogP contribution in [0.1, 0.15) is 6.42 Å². The third-order valence-electron chi connectivity index (χ3n) is 5.09. The van der Waals surface area contributed by atoms with Crippen molar-refractivity contribution < 1.29 is 64.5 Å². The van der Waals surface area contributed by atoms with Gasteiger partial charge in [0.15, 0.2) is 12.6 Å². The third kappa shape index (κ3) is 6.17. The highest BCUT2D eigenvalue weighted by Crippen LogP contribution is 2.36. The zero-order chi connectivity index (χ0) is 23.2. The molecule has 2 aliphatic heterocycles. The Balaban J connectivity index is 1.97. The Bertz CT molecular complexity index is 551. The maximum absolute atomic E-state index is 10.2. The smallest absolute Gasteiger partial charge is 0.224 e. The summed E-state index contributed by atoms with van der Waals surface area (Å²) in [4.78, 5) is 0. The molecule has 0 radical (unpaired) electrons. The number of aliphatic hydroxyl groups is 8. The molecule has 2 rings (SSSR count). The van der Waals surface area contributed by atoms with Crippen LogP contribution in [0, 0.1) is 0 Å². The van der Waals surface area contributed by atoms with Crippen molar-refractivity contribution in [3.63, 3.8) is 0 Å². The minimum Gasteiger partial charge on any atom is -0.394 e. The van der Waals surface area contributed by atoms with Gasteiger partial charge in [0.05, 0.1) is 26.4 Å². The number of hydrogen-bond donors (Lipinski definition) is 8. The van der Waals surface area contributed by atoms with Gasteiger partial charge >= 0.3 is 0 Å². The third-order valence-corrected chi connectivity index (χ3v) is 5.09. The van der Waals surface area contributed by atoms with Crippen molar-refractivity contribution in [2.75, 3.05) is 33.0 Å². The molecular weight excluding hydrogens is 424 g/mol. The topological polar surface area (TPSA) is 208 Å². The van der Waals surface area contributed by atoms with Crippen molar-refractivity contribution in [3.8, 4) is 0 Å². The van der Waals surface area contributed by atoms with Gasteiger partial charge in [-0.25, -0.2) is 0 Å². The molecule has 2 aliphatic rings. The first-order chi connectivity index (χ1) is 14.7. The van der Waals surface area contributed by atoms with Crippen molar-refractivity contribution in [3.05, 3.63) is 12.7 Å². The van der Waals surface area contributed by atoms with Crippen LogP contribution in [-0.4, -0.2) is 135 Å². The van der Waals surface area contributed by atoms with Gasteiger partial charge in [0.25, 0.3) is 0 Å². The monoisotopic (exact) mass is 456 g/mol. The van der Waals surface area contributed by atoms with Crippen LogP contribution in [0.4, 0.5) is 0 Å². The van der Waals surface area contributed by atoms with Crippen LogP contribution >= 0.6 is 0 Å². The first-order valence-corrected chi connectivity index (χ1v) is 9.82. The second-order valence-corrected chi connectivity index (χ2v) is 7.32. The highest BCUT2D eigenvalue weighted by molar-refractivity contribution is 4.98. The van der Waals surface area contributed by atoms with Crippen LogP contribution in [-0.2, 0) is 23.7 Å². The number of rotatable bonds is 12. The van der Waals surface area contributed by atoms with E-state index in [2.05, 4.69) is 6.58 Å². The Morgan fingerprint density at radius 2 is 1.71 bits per heavy atom. The largest absolute Gasteiger partial charge is 0.394 e. The maximum Gasteiger partial charge on any atom is 0.224 e. The Kier molecular flexibility index (Phi) is 10.2. The summed E-state index contributed by atoms with van der Waals surface area (Å²) in [7, 11) is 0. The minimum absolute atomic E-state index is 0.0157. The number of hydrogen-bond acceptors (Lipinski definition) is 13. The summed E-state index contributed by atoms with van der Waals surface area (Å²) < 4.78 is 26.4. The molecule has 2 fully saturated rings.